The first kappa shape index (κ1) is 15.3. The van der Waals surface area contributed by atoms with Gasteiger partial charge in [-0.05, 0) is 24.8 Å². The van der Waals surface area contributed by atoms with Crippen LogP contribution in [0.4, 0.5) is 0 Å². The van der Waals surface area contributed by atoms with Crippen molar-refractivity contribution >= 4 is 15.7 Å². The Hall–Kier alpha value is -0.720. The van der Waals surface area contributed by atoms with Crippen molar-refractivity contribution in [3.05, 3.63) is 11.1 Å². The van der Waals surface area contributed by atoms with Gasteiger partial charge in [0.25, 0.3) is 10.0 Å². The second kappa shape index (κ2) is 5.50. The van der Waals surface area contributed by atoms with Crippen molar-refractivity contribution in [3.8, 4) is 0 Å². The fourth-order valence-corrected chi connectivity index (χ4v) is 2.88. The lowest BCUT2D eigenvalue weighted by atomic mass is 9.89. The van der Waals surface area contributed by atoms with Crippen LogP contribution in [0.2, 0.25) is 0 Å². The molecule has 0 saturated heterocycles. The third-order valence-electron chi connectivity index (χ3n) is 2.51. The highest BCUT2D eigenvalue weighted by Crippen LogP contribution is 2.21. The van der Waals surface area contributed by atoms with Gasteiger partial charge < -0.3 is 5.11 Å². The lowest BCUT2D eigenvalue weighted by Gasteiger charge is -2.22. The monoisotopic (exact) mass is 274 g/mol. The minimum Gasteiger partial charge on any atom is -0.392 e. The Morgan fingerprint density at radius 2 is 2.11 bits per heavy atom. The molecule has 2 N–H and O–H groups in total. The van der Waals surface area contributed by atoms with Crippen LogP contribution in [0.15, 0.2) is 16.1 Å². The number of aliphatic hydroxyl groups excluding tert-OH is 1. The van der Waals surface area contributed by atoms with Crippen molar-refractivity contribution in [1.82, 2.24) is 4.72 Å². The average Bonchev–Trinajstić information content (AvgIpc) is 2.60. The van der Waals surface area contributed by atoms with E-state index in [2.05, 4.69) is 9.71 Å². The maximum atomic E-state index is 11.9. The van der Waals surface area contributed by atoms with Crippen LogP contribution in [-0.4, -0.2) is 31.9 Å². The maximum absolute atomic E-state index is 11.9. The van der Waals surface area contributed by atoms with Crippen LogP contribution in [-0.2, 0) is 10.0 Å². The minimum atomic E-state index is -3.58. The molecular formula is C12H22N2O3S. The van der Waals surface area contributed by atoms with E-state index in [1.54, 1.807) is 13.0 Å². The van der Waals surface area contributed by atoms with Crippen molar-refractivity contribution in [2.24, 2.45) is 10.4 Å². The lowest BCUT2D eigenvalue weighted by Crippen LogP contribution is -2.34. The average molecular weight is 274 g/mol. The summed E-state index contributed by atoms with van der Waals surface area (Å²) in [6.07, 6.45) is 2.00. The zero-order chi connectivity index (χ0) is 14.0. The molecule has 0 aromatic rings. The largest absolute Gasteiger partial charge is 0.392 e. The summed E-state index contributed by atoms with van der Waals surface area (Å²) in [5, 5.41) is 9.82. The Morgan fingerprint density at radius 1 is 1.50 bits per heavy atom. The first-order chi connectivity index (χ1) is 8.10. The second-order valence-corrected chi connectivity index (χ2v) is 7.58. The van der Waals surface area contributed by atoms with Crippen molar-refractivity contribution < 1.29 is 13.5 Å². The molecule has 0 aliphatic carbocycles. The molecule has 1 rings (SSSR count). The molecular weight excluding hydrogens is 252 g/mol. The molecule has 5 nitrogen and oxygen atoms in total. The van der Waals surface area contributed by atoms with Gasteiger partial charge in [0, 0.05) is 18.7 Å². The van der Waals surface area contributed by atoms with Crippen LogP contribution in [0.5, 0.6) is 0 Å². The third-order valence-corrected chi connectivity index (χ3v) is 3.86. The van der Waals surface area contributed by atoms with E-state index in [0.717, 1.165) is 5.71 Å². The number of aliphatic hydroxyl groups is 1. The molecule has 1 aliphatic rings. The quantitative estimate of drug-likeness (QED) is 0.795. The fraction of sp³-hybridized carbons (Fsp3) is 0.750. The molecule has 1 aliphatic heterocycles. The summed E-state index contributed by atoms with van der Waals surface area (Å²) in [5.41, 5.74) is 0.747. The number of nitrogens with one attached hydrogen (secondary N) is 1. The van der Waals surface area contributed by atoms with Gasteiger partial charge in [0.1, 0.15) is 0 Å². The summed E-state index contributed by atoms with van der Waals surface area (Å²) in [4.78, 5) is 3.96. The van der Waals surface area contributed by atoms with Gasteiger partial charge in [-0.15, -0.1) is 0 Å². The minimum absolute atomic E-state index is 0.0194. The molecule has 0 bridgehead atoms. The standard InChI is InChI=1S/C12H22N2O3S/c1-9-5-6-11(14-9)18(16,17)13-8-10(15)7-12(2,3)4/h6,10,13,15H,5,7-8H2,1-4H3. The van der Waals surface area contributed by atoms with Crippen LogP contribution in [0.3, 0.4) is 0 Å². The van der Waals surface area contributed by atoms with Gasteiger partial charge >= 0.3 is 0 Å². The molecule has 0 aromatic heterocycles. The Morgan fingerprint density at radius 3 is 2.56 bits per heavy atom. The molecule has 0 fully saturated rings. The van der Waals surface area contributed by atoms with Gasteiger partial charge in [-0.3, -0.25) is 0 Å². The first-order valence-corrected chi connectivity index (χ1v) is 7.50. The van der Waals surface area contributed by atoms with E-state index in [0.29, 0.717) is 12.8 Å². The van der Waals surface area contributed by atoms with Crippen molar-refractivity contribution in [1.29, 1.82) is 0 Å². The summed E-state index contributed by atoms with van der Waals surface area (Å²) in [6, 6.07) is 0. The Labute approximate surface area is 109 Å². The number of hydrogen-bond donors (Lipinski definition) is 2. The van der Waals surface area contributed by atoms with E-state index in [4.69, 9.17) is 0 Å². The summed E-state index contributed by atoms with van der Waals surface area (Å²) >= 11 is 0. The summed E-state index contributed by atoms with van der Waals surface area (Å²) in [5.74, 6) is 0. The molecule has 1 heterocycles. The number of allylic oxidation sites excluding steroid dienone is 1. The van der Waals surface area contributed by atoms with E-state index >= 15 is 0 Å². The highest BCUT2D eigenvalue weighted by molar-refractivity contribution is 7.93. The summed E-state index contributed by atoms with van der Waals surface area (Å²) < 4.78 is 26.1. The van der Waals surface area contributed by atoms with Crippen LogP contribution in [0, 0.1) is 5.41 Å². The van der Waals surface area contributed by atoms with Gasteiger partial charge in [0.2, 0.25) is 0 Å². The second-order valence-electron chi connectivity index (χ2n) is 5.86. The van der Waals surface area contributed by atoms with Crippen molar-refractivity contribution in [2.45, 2.75) is 46.6 Å². The smallest absolute Gasteiger partial charge is 0.257 e. The molecule has 1 atom stereocenters. The van der Waals surface area contributed by atoms with E-state index in [9.17, 15) is 13.5 Å². The van der Waals surface area contributed by atoms with Gasteiger partial charge in [0.15, 0.2) is 5.03 Å². The number of rotatable bonds is 5. The zero-order valence-electron chi connectivity index (χ0n) is 11.4. The van der Waals surface area contributed by atoms with Gasteiger partial charge in [0.05, 0.1) is 6.10 Å². The summed E-state index contributed by atoms with van der Waals surface area (Å²) in [6.45, 7) is 7.80. The molecule has 0 saturated carbocycles. The maximum Gasteiger partial charge on any atom is 0.257 e. The zero-order valence-corrected chi connectivity index (χ0v) is 12.2. The molecule has 0 aromatic carbocycles. The van der Waals surface area contributed by atoms with Crippen LogP contribution < -0.4 is 4.72 Å². The Kier molecular flexibility index (Phi) is 4.69. The number of aliphatic imine (C=N–C) groups is 1. The molecule has 0 amide bonds. The molecule has 0 radical (unpaired) electrons. The molecule has 0 spiro atoms. The predicted octanol–water partition coefficient (Wildman–Crippen LogP) is 1.41. The first-order valence-electron chi connectivity index (χ1n) is 6.02. The fourth-order valence-electron chi connectivity index (χ4n) is 1.74. The Bertz CT molecular complexity index is 458. The van der Waals surface area contributed by atoms with Crippen LogP contribution >= 0.6 is 0 Å². The SMILES string of the molecule is CC1=NC(S(=O)(=O)NCC(O)CC(C)(C)C)=CC1. The van der Waals surface area contributed by atoms with E-state index in [1.165, 1.54) is 0 Å². The van der Waals surface area contributed by atoms with Crippen molar-refractivity contribution in [2.75, 3.05) is 6.54 Å². The predicted molar refractivity (Wildman–Crippen MR) is 72.8 cm³/mol. The van der Waals surface area contributed by atoms with E-state index < -0.39 is 16.1 Å². The van der Waals surface area contributed by atoms with Gasteiger partial charge in [-0.2, -0.15) is 0 Å². The van der Waals surface area contributed by atoms with E-state index in [-0.39, 0.29) is 17.0 Å². The number of sulfonamides is 1. The van der Waals surface area contributed by atoms with Crippen LogP contribution in [0.25, 0.3) is 0 Å². The number of hydrogen-bond acceptors (Lipinski definition) is 4. The van der Waals surface area contributed by atoms with Gasteiger partial charge in [-0.1, -0.05) is 20.8 Å². The number of nitrogens with zero attached hydrogens (tertiary/aromatic N) is 1. The summed E-state index contributed by atoms with van der Waals surface area (Å²) in [7, 11) is -3.58. The highest BCUT2D eigenvalue weighted by atomic mass is 32.2. The van der Waals surface area contributed by atoms with Gasteiger partial charge in [-0.25, -0.2) is 18.1 Å². The van der Waals surface area contributed by atoms with Crippen molar-refractivity contribution in [3.63, 3.8) is 0 Å². The van der Waals surface area contributed by atoms with Crippen LogP contribution in [0.1, 0.15) is 40.5 Å². The topological polar surface area (TPSA) is 78.8 Å². The Balaban J connectivity index is 2.53. The molecule has 1 unspecified atom stereocenters. The highest BCUT2D eigenvalue weighted by Gasteiger charge is 2.23. The van der Waals surface area contributed by atoms with E-state index in [1.807, 2.05) is 20.8 Å². The normalized spacial score (nSPS) is 18.5. The third kappa shape index (κ3) is 4.88. The molecule has 104 valence electrons. The lowest BCUT2D eigenvalue weighted by molar-refractivity contribution is 0.125. The molecule has 18 heavy (non-hydrogen) atoms. The molecule has 6 heteroatoms.